The van der Waals surface area contributed by atoms with Crippen molar-refractivity contribution in [3.8, 4) is 22.9 Å². The predicted octanol–water partition coefficient (Wildman–Crippen LogP) is 1.69. The van der Waals surface area contributed by atoms with E-state index in [0.29, 0.717) is 23.4 Å². The van der Waals surface area contributed by atoms with Crippen molar-refractivity contribution in [1.29, 1.82) is 0 Å². The number of phenols is 1. The van der Waals surface area contributed by atoms with Gasteiger partial charge in [0.25, 0.3) is 5.56 Å². The maximum Gasteiger partial charge on any atom is 0.294 e. The predicted molar refractivity (Wildman–Crippen MR) is 96.9 cm³/mol. The Morgan fingerprint density at radius 3 is 2.85 bits per heavy atom. The number of pyridine rings is 2. The average molecular weight is 364 g/mol. The van der Waals surface area contributed by atoms with Crippen LogP contribution in [0, 0.1) is 0 Å². The molecule has 2 aromatic heterocycles. The van der Waals surface area contributed by atoms with Gasteiger partial charge in [0.15, 0.2) is 18.0 Å². The average Bonchev–Trinajstić information content (AvgIpc) is 3.01. The Morgan fingerprint density at radius 1 is 1.26 bits per heavy atom. The zero-order chi connectivity index (χ0) is 18.9. The highest BCUT2D eigenvalue weighted by Gasteiger charge is 2.44. The number of rotatable bonds is 1. The third kappa shape index (κ3) is 2.03. The number of phenolic OH excluding ortho intramolecular Hbond substituents is 1. The number of benzene rings is 1. The molecule has 0 fully saturated rings. The van der Waals surface area contributed by atoms with Crippen LogP contribution in [0.1, 0.15) is 24.5 Å². The topological polar surface area (TPSA) is 102 Å². The number of hydrogen-bond acceptors (Lipinski definition) is 6. The number of ether oxygens (including phenoxy) is 1. The van der Waals surface area contributed by atoms with Crippen LogP contribution in [0.25, 0.3) is 22.3 Å². The van der Waals surface area contributed by atoms with Gasteiger partial charge in [-0.3, -0.25) is 14.2 Å². The number of carbonyl (C=O) groups is 1. The Morgan fingerprint density at radius 2 is 2.07 bits per heavy atom. The van der Waals surface area contributed by atoms with Crippen molar-refractivity contribution in [2.45, 2.75) is 25.5 Å². The summed E-state index contributed by atoms with van der Waals surface area (Å²) in [7, 11) is 0. The first kappa shape index (κ1) is 16.0. The summed E-state index contributed by atoms with van der Waals surface area (Å²) in [5.74, 6) is -0.285. The van der Waals surface area contributed by atoms with Crippen molar-refractivity contribution in [2.24, 2.45) is 0 Å². The van der Waals surface area contributed by atoms with Gasteiger partial charge in [-0.25, -0.2) is 4.98 Å². The summed E-state index contributed by atoms with van der Waals surface area (Å²) in [5.41, 5.74) is 0.790. The van der Waals surface area contributed by atoms with Crippen LogP contribution in [0.5, 0.6) is 11.5 Å². The summed E-state index contributed by atoms with van der Waals surface area (Å²) in [6.45, 7) is 1.70. The molecule has 0 saturated carbocycles. The van der Waals surface area contributed by atoms with Crippen LogP contribution >= 0.6 is 0 Å². The molecular formula is C20H16N2O5. The summed E-state index contributed by atoms with van der Waals surface area (Å²) in [5, 5.41) is 21.3. The maximum atomic E-state index is 13.0. The lowest BCUT2D eigenvalue weighted by atomic mass is 9.85. The van der Waals surface area contributed by atoms with Gasteiger partial charge >= 0.3 is 0 Å². The van der Waals surface area contributed by atoms with Gasteiger partial charge < -0.3 is 14.9 Å². The Kier molecular flexibility index (Phi) is 3.07. The van der Waals surface area contributed by atoms with E-state index in [9.17, 15) is 19.8 Å². The molecule has 4 heterocycles. The molecule has 5 rings (SSSR count). The van der Waals surface area contributed by atoms with Gasteiger partial charge in [0.05, 0.1) is 23.4 Å². The van der Waals surface area contributed by atoms with Crippen LogP contribution in [0.3, 0.4) is 0 Å². The maximum absolute atomic E-state index is 13.0. The van der Waals surface area contributed by atoms with Crippen molar-refractivity contribution in [3.63, 3.8) is 0 Å². The number of nitrogens with zero attached hydrogens (tertiary/aromatic N) is 2. The molecule has 2 aliphatic rings. The fraction of sp³-hybridized carbons (Fsp3) is 0.250. The minimum atomic E-state index is -1.73. The van der Waals surface area contributed by atoms with Gasteiger partial charge in [-0.05, 0) is 36.8 Å². The van der Waals surface area contributed by atoms with Crippen LogP contribution in [0.4, 0.5) is 0 Å². The van der Waals surface area contributed by atoms with E-state index >= 15 is 0 Å². The van der Waals surface area contributed by atoms with Crippen LogP contribution in [0.15, 0.2) is 35.1 Å². The summed E-state index contributed by atoms with van der Waals surface area (Å²) >= 11 is 0. The van der Waals surface area contributed by atoms with E-state index in [0.717, 1.165) is 10.9 Å². The van der Waals surface area contributed by atoms with Gasteiger partial charge in [-0.15, -0.1) is 0 Å². The van der Waals surface area contributed by atoms with E-state index in [2.05, 4.69) is 4.98 Å². The van der Waals surface area contributed by atoms with Crippen molar-refractivity contribution >= 4 is 16.7 Å². The fourth-order valence-corrected chi connectivity index (χ4v) is 3.94. The van der Waals surface area contributed by atoms with Gasteiger partial charge in [-0.2, -0.15) is 0 Å². The number of carbonyl (C=O) groups excluding carboxylic acids is 1. The lowest BCUT2D eigenvalue weighted by molar-refractivity contribution is -0.143. The third-order valence-electron chi connectivity index (χ3n) is 5.47. The molecule has 0 radical (unpaired) electrons. The van der Waals surface area contributed by atoms with Gasteiger partial charge in [-0.1, -0.05) is 6.92 Å². The van der Waals surface area contributed by atoms with Crippen LogP contribution in [-0.4, -0.2) is 32.2 Å². The first-order valence-electron chi connectivity index (χ1n) is 8.72. The molecular weight excluding hydrogens is 348 g/mol. The van der Waals surface area contributed by atoms with Crippen molar-refractivity contribution < 1.29 is 19.7 Å². The smallest absolute Gasteiger partial charge is 0.294 e. The SMILES string of the molecule is CC[C@@]1(O)C(=O)COc2c1cc1n(c2=O)Cc2cc3cc(O)ccc3nc2-1. The summed E-state index contributed by atoms with van der Waals surface area (Å²) in [6.07, 6.45) is 0.155. The highest BCUT2D eigenvalue weighted by atomic mass is 16.5. The van der Waals surface area contributed by atoms with Crippen LogP contribution in [-0.2, 0) is 16.9 Å². The highest BCUT2D eigenvalue weighted by Crippen LogP contribution is 2.40. The van der Waals surface area contributed by atoms with E-state index in [1.165, 1.54) is 0 Å². The van der Waals surface area contributed by atoms with Gasteiger partial charge in [0.1, 0.15) is 5.75 Å². The normalized spacial score (nSPS) is 20.1. The Bertz CT molecular complexity index is 1210. The first-order chi connectivity index (χ1) is 12.9. The highest BCUT2D eigenvalue weighted by molar-refractivity contribution is 5.92. The second-order valence-corrected chi connectivity index (χ2v) is 6.96. The standard InChI is InChI=1S/C20H16N2O5/c1-2-20(26)13-7-15-17-11(5-10-6-12(23)3-4-14(10)21-17)8-22(15)19(25)18(13)27-9-16(20)24/h3-7,23,26H,2,8-9H2,1H3/t20-/m0/s1. The quantitative estimate of drug-likeness (QED) is 0.533. The number of hydrogen-bond donors (Lipinski definition) is 2. The molecule has 1 aromatic carbocycles. The Labute approximate surface area is 153 Å². The van der Waals surface area contributed by atoms with Gasteiger partial charge in [0, 0.05) is 16.5 Å². The molecule has 0 aliphatic carbocycles. The fourth-order valence-electron chi connectivity index (χ4n) is 3.94. The number of aromatic hydroxyl groups is 1. The molecule has 0 amide bonds. The van der Waals surface area contributed by atoms with Gasteiger partial charge in [0.2, 0.25) is 5.78 Å². The zero-order valence-electron chi connectivity index (χ0n) is 14.5. The lowest BCUT2D eigenvalue weighted by Crippen LogP contribution is -2.45. The molecule has 0 bridgehead atoms. The number of aliphatic hydroxyl groups is 1. The summed E-state index contributed by atoms with van der Waals surface area (Å²) < 4.78 is 6.93. The van der Waals surface area contributed by atoms with Crippen molar-refractivity contribution in [2.75, 3.05) is 6.61 Å². The number of aromatic nitrogens is 2. The summed E-state index contributed by atoms with van der Waals surface area (Å²) in [6, 6.07) is 8.41. The lowest BCUT2D eigenvalue weighted by Gasteiger charge is -2.32. The minimum Gasteiger partial charge on any atom is -0.508 e. The van der Waals surface area contributed by atoms with E-state index < -0.39 is 11.4 Å². The van der Waals surface area contributed by atoms with E-state index in [4.69, 9.17) is 4.74 Å². The monoisotopic (exact) mass is 364 g/mol. The summed E-state index contributed by atoms with van der Waals surface area (Å²) in [4.78, 5) is 29.9. The molecule has 3 aromatic rings. The zero-order valence-corrected chi connectivity index (χ0v) is 14.5. The van der Waals surface area contributed by atoms with Crippen LogP contribution < -0.4 is 10.3 Å². The van der Waals surface area contributed by atoms with E-state index in [1.54, 1.807) is 35.8 Å². The molecule has 27 heavy (non-hydrogen) atoms. The molecule has 2 aliphatic heterocycles. The molecule has 0 saturated heterocycles. The molecule has 2 N–H and O–H groups in total. The second-order valence-electron chi connectivity index (χ2n) is 6.96. The second kappa shape index (κ2) is 5.17. The third-order valence-corrected chi connectivity index (χ3v) is 5.47. The molecule has 0 spiro atoms. The van der Waals surface area contributed by atoms with E-state index in [1.807, 2.05) is 6.07 Å². The molecule has 136 valence electrons. The Balaban J connectivity index is 1.80. The largest absolute Gasteiger partial charge is 0.508 e. The first-order valence-corrected chi connectivity index (χ1v) is 8.72. The van der Waals surface area contributed by atoms with Crippen molar-refractivity contribution in [1.82, 2.24) is 9.55 Å². The molecule has 0 unspecified atom stereocenters. The number of fused-ring (bicyclic) bond motifs is 5. The molecule has 1 atom stereocenters. The minimum absolute atomic E-state index is 0.0257. The number of ketones is 1. The number of Topliss-reactive ketones (excluding diaryl/α,β-unsaturated/α-hetero) is 1. The van der Waals surface area contributed by atoms with E-state index in [-0.39, 0.29) is 35.6 Å². The Hall–Kier alpha value is -3.19. The van der Waals surface area contributed by atoms with Crippen molar-refractivity contribution in [3.05, 3.63) is 51.8 Å². The van der Waals surface area contributed by atoms with Crippen LogP contribution in [0.2, 0.25) is 0 Å². The molecule has 7 heteroatoms. The molecule has 7 nitrogen and oxygen atoms in total.